The summed E-state index contributed by atoms with van der Waals surface area (Å²) in [6, 6.07) is 6.21. The van der Waals surface area contributed by atoms with Gasteiger partial charge in [0.05, 0.1) is 0 Å². The van der Waals surface area contributed by atoms with E-state index < -0.39 is 11.8 Å². The number of rotatable bonds is 4. The molecule has 0 bridgehead atoms. The fourth-order valence-corrected chi connectivity index (χ4v) is 2.51. The molecule has 0 aliphatic heterocycles. The van der Waals surface area contributed by atoms with Gasteiger partial charge in [0.25, 0.3) is 0 Å². The van der Waals surface area contributed by atoms with E-state index >= 15 is 0 Å². The molecule has 0 atom stereocenters. The van der Waals surface area contributed by atoms with Gasteiger partial charge in [0.15, 0.2) is 11.6 Å². The van der Waals surface area contributed by atoms with E-state index in [-0.39, 0.29) is 17.2 Å². The minimum atomic E-state index is -0.957. The maximum atomic E-state index is 13.5. The van der Waals surface area contributed by atoms with E-state index in [1.165, 1.54) is 17.4 Å². The lowest BCUT2D eigenvalue weighted by molar-refractivity contribution is 0.0702. The van der Waals surface area contributed by atoms with Gasteiger partial charge < -0.3 is 9.84 Å². The van der Waals surface area contributed by atoms with Crippen molar-refractivity contribution >= 4 is 17.3 Å². The van der Waals surface area contributed by atoms with Gasteiger partial charge in [-0.2, -0.15) is 0 Å². The summed E-state index contributed by atoms with van der Waals surface area (Å²) in [6.45, 7) is 3.84. The predicted molar refractivity (Wildman–Crippen MR) is 71.5 cm³/mol. The third-order valence-corrected chi connectivity index (χ3v) is 3.78. The molecule has 1 N–H and O–H groups in total. The summed E-state index contributed by atoms with van der Waals surface area (Å²) in [5.74, 6) is -1.19. The average Bonchev–Trinajstić information content (AvgIpc) is 2.72. The lowest BCUT2D eigenvalue weighted by atomic mass is 10.2. The summed E-state index contributed by atoms with van der Waals surface area (Å²) < 4.78 is 18.9. The van der Waals surface area contributed by atoms with Crippen molar-refractivity contribution in [3.8, 4) is 5.75 Å². The van der Waals surface area contributed by atoms with Crippen LogP contribution in [-0.4, -0.2) is 11.1 Å². The smallest absolute Gasteiger partial charge is 0.345 e. The van der Waals surface area contributed by atoms with Crippen molar-refractivity contribution in [3.05, 3.63) is 51.0 Å². The first-order valence-corrected chi connectivity index (χ1v) is 6.50. The lowest BCUT2D eigenvalue weighted by Gasteiger charge is -2.07. The standard InChI is InChI=1S/C14H13FO3S/c1-8-3-4-11(15)12(5-8)18-7-10-6-13(14(16)17)19-9(10)2/h3-6H,7H2,1-2H3,(H,16,17). The molecule has 3 nitrogen and oxygen atoms in total. The zero-order valence-corrected chi connectivity index (χ0v) is 11.4. The van der Waals surface area contributed by atoms with Crippen molar-refractivity contribution in [2.24, 2.45) is 0 Å². The molecule has 0 aliphatic carbocycles. The number of halogens is 1. The van der Waals surface area contributed by atoms with Gasteiger partial charge in [0, 0.05) is 10.4 Å². The summed E-state index contributed by atoms with van der Waals surface area (Å²) in [4.78, 5) is 12.0. The Morgan fingerprint density at radius 1 is 1.37 bits per heavy atom. The van der Waals surface area contributed by atoms with E-state index in [0.717, 1.165) is 16.0 Å². The van der Waals surface area contributed by atoms with Gasteiger partial charge in [-0.15, -0.1) is 11.3 Å². The zero-order chi connectivity index (χ0) is 14.0. The second kappa shape index (κ2) is 5.40. The van der Waals surface area contributed by atoms with Crippen molar-refractivity contribution in [3.63, 3.8) is 0 Å². The predicted octanol–water partition coefficient (Wildman–Crippen LogP) is 3.78. The molecule has 2 rings (SSSR count). The normalized spacial score (nSPS) is 10.5. The molecule has 1 aromatic heterocycles. The minimum absolute atomic E-state index is 0.163. The number of aryl methyl sites for hydroxylation is 2. The van der Waals surface area contributed by atoms with E-state index in [0.29, 0.717) is 0 Å². The van der Waals surface area contributed by atoms with Crippen molar-refractivity contribution in [2.45, 2.75) is 20.5 Å². The Labute approximate surface area is 114 Å². The average molecular weight is 280 g/mol. The third-order valence-electron chi connectivity index (χ3n) is 2.70. The summed E-state index contributed by atoms with van der Waals surface area (Å²) in [6.07, 6.45) is 0. The number of ether oxygens (including phenoxy) is 1. The van der Waals surface area contributed by atoms with Crippen LogP contribution < -0.4 is 4.74 Å². The number of thiophene rings is 1. The molecule has 0 saturated carbocycles. The summed E-state index contributed by atoms with van der Waals surface area (Å²) >= 11 is 1.19. The highest BCUT2D eigenvalue weighted by Crippen LogP contribution is 2.25. The zero-order valence-electron chi connectivity index (χ0n) is 10.6. The van der Waals surface area contributed by atoms with Crippen LogP contribution in [0.1, 0.15) is 25.7 Å². The van der Waals surface area contributed by atoms with Crippen LogP contribution in [0.15, 0.2) is 24.3 Å². The van der Waals surface area contributed by atoms with Crippen LogP contribution in [0.25, 0.3) is 0 Å². The largest absolute Gasteiger partial charge is 0.486 e. The first-order valence-electron chi connectivity index (χ1n) is 5.69. The highest BCUT2D eigenvalue weighted by molar-refractivity contribution is 7.14. The van der Waals surface area contributed by atoms with Gasteiger partial charge in [-0.1, -0.05) is 6.07 Å². The molecule has 1 heterocycles. The number of hydrogen-bond donors (Lipinski definition) is 1. The van der Waals surface area contributed by atoms with E-state index in [1.54, 1.807) is 18.2 Å². The molecule has 0 aliphatic rings. The molecule has 5 heteroatoms. The lowest BCUT2D eigenvalue weighted by Crippen LogP contribution is -1.98. The molecule has 0 unspecified atom stereocenters. The van der Waals surface area contributed by atoms with Crippen LogP contribution in [0, 0.1) is 19.7 Å². The van der Waals surface area contributed by atoms with Crippen molar-refractivity contribution in [1.82, 2.24) is 0 Å². The van der Waals surface area contributed by atoms with Crippen LogP contribution in [0.4, 0.5) is 4.39 Å². The first-order chi connectivity index (χ1) is 8.97. The van der Waals surface area contributed by atoms with E-state index in [2.05, 4.69) is 0 Å². The van der Waals surface area contributed by atoms with Crippen molar-refractivity contribution < 1.29 is 19.0 Å². The Morgan fingerprint density at radius 3 is 2.74 bits per heavy atom. The number of hydrogen-bond acceptors (Lipinski definition) is 3. The van der Waals surface area contributed by atoms with Crippen LogP contribution in [0.5, 0.6) is 5.75 Å². The number of carboxylic acid groups (broad SMARTS) is 1. The quantitative estimate of drug-likeness (QED) is 0.927. The van der Waals surface area contributed by atoms with Gasteiger partial charge in [-0.25, -0.2) is 9.18 Å². The van der Waals surface area contributed by atoms with Gasteiger partial charge in [0.2, 0.25) is 0 Å². The number of benzene rings is 1. The van der Waals surface area contributed by atoms with Gasteiger partial charge in [-0.05, 0) is 37.6 Å². The molecule has 0 spiro atoms. The molecular formula is C14H13FO3S. The fourth-order valence-electron chi connectivity index (χ4n) is 1.65. The Morgan fingerprint density at radius 2 is 2.11 bits per heavy atom. The monoisotopic (exact) mass is 280 g/mol. The van der Waals surface area contributed by atoms with E-state index in [9.17, 15) is 9.18 Å². The van der Waals surface area contributed by atoms with Crippen molar-refractivity contribution in [1.29, 1.82) is 0 Å². The maximum absolute atomic E-state index is 13.5. The van der Waals surface area contributed by atoms with E-state index in [4.69, 9.17) is 9.84 Å². The van der Waals surface area contributed by atoms with Crippen LogP contribution >= 0.6 is 11.3 Å². The molecular weight excluding hydrogens is 267 g/mol. The molecule has 100 valence electrons. The second-order valence-electron chi connectivity index (χ2n) is 4.22. The molecule has 0 amide bonds. The maximum Gasteiger partial charge on any atom is 0.345 e. The van der Waals surface area contributed by atoms with Gasteiger partial charge in [0.1, 0.15) is 11.5 Å². The SMILES string of the molecule is Cc1ccc(F)c(OCc2cc(C(=O)O)sc2C)c1. The highest BCUT2D eigenvalue weighted by Gasteiger charge is 2.12. The molecule has 0 radical (unpaired) electrons. The Hall–Kier alpha value is -1.88. The van der Waals surface area contributed by atoms with Crippen LogP contribution in [0.3, 0.4) is 0 Å². The second-order valence-corrected chi connectivity index (χ2v) is 5.48. The summed E-state index contributed by atoms with van der Waals surface area (Å²) in [5.41, 5.74) is 1.67. The minimum Gasteiger partial charge on any atom is -0.486 e. The van der Waals surface area contributed by atoms with Crippen LogP contribution in [-0.2, 0) is 6.61 Å². The third kappa shape index (κ3) is 3.12. The highest BCUT2D eigenvalue weighted by atomic mass is 32.1. The van der Waals surface area contributed by atoms with Gasteiger partial charge >= 0.3 is 5.97 Å². The molecule has 0 fully saturated rings. The van der Waals surface area contributed by atoms with E-state index in [1.807, 2.05) is 13.8 Å². The summed E-state index contributed by atoms with van der Waals surface area (Å²) in [7, 11) is 0. The van der Waals surface area contributed by atoms with Crippen LogP contribution in [0.2, 0.25) is 0 Å². The van der Waals surface area contributed by atoms with Crippen molar-refractivity contribution in [2.75, 3.05) is 0 Å². The molecule has 0 saturated heterocycles. The molecule has 19 heavy (non-hydrogen) atoms. The molecule has 1 aromatic carbocycles. The topological polar surface area (TPSA) is 46.5 Å². The fraction of sp³-hybridized carbons (Fsp3) is 0.214. The molecule has 2 aromatic rings. The first kappa shape index (κ1) is 13.5. The van der Waals surface area contributed by atoms with Gasteiger partial charge in [-0.3, -0.25) is 0 Å². The Bertz CT molecular complexity index is 619. The Kier molecular flexibility index (Phi) is 3.85. The Balaban J connectivity index is 2.14. The summed E-state index contributed by atoms with van der Waals surface area (Å²) in [5, 5.41) is 8.90. The number of aromatic carboxylic acids is 1. The number of carbonyl (C=O) groups is 1. The number of carboxylic acids is 1.